The highest BCUT2D eigenvalue weighted by molar-refractivity contribution is 5.78. The number of nitrogens with zero attached hydrogens (tertiary/aromatic N) is 1. The molecule has 0 atom stereocenters. The summed E-state index contributed by atoms with van der Waals surface area (Å²) in [4.78, 5) is 25.6. The molecule has 0 unspecified atom stereocenters. The lowest BCUT2D eigenvalue weighted by Gasteiger charge is -2.30. The number of unbranched alkanes of at least 4 members (excludes halogenated alkanes) is 1. The van der Waals surface area contributed by atoms with Crippen LogP contribution in [0.25, 0.3) is 0 Å². The lowest BCUT2D eigenvalue weighted by Crippen LogP contribution is -2.47. The van der Waals surface area contributed by atoms with E-state index in [9.17, 15) is 14.7 Å². The Labute approximate surface area is 128 Å². The van der Waals surface area contributed by atoms with Gasteiger partial charge in [0.05, 0.1) is 5.41 Å². The number of carboxylic acid groups (broad SMARTS) is 1. The van der Waals surface area contributed by atoms with Gasteiger partial charge in [0.15, 0.2) is 0 Å². The van der Waals surface area contributed by atoms with Crippen LogP contribution in [0.15, 0.2) is 0 Å². The van der Waals surface area contributed by atoms with Gasteiger partial charge in [-0.15, -0.1) is 0 Å². The van der Waals surface area contributed by atoms with E-state index in [1.54, 1.807) is 4.90 Å². The molecule has 2 amide bonds. The van der Waals surface area contributed by atoms with Gasteiger partial charge in [-0.3, -0.25) is 4.79 Å². The Balaban J connectivity index is 2.59. The minimum atomic E-state index is -0.768. The molecule has 0 radical (unpaired) electrons. The summed E-state index contributed by atoms with van der Waals surface area (Å²) in [5.41, 5.74) is -0.768. The predicted octanol–water partition coefficient (Wildman–Crippen LogP) is 3.24. The first-order valence-electron chi connectivity index (χ1n) is 8.32. The minimum absolute atomic E-state index is 0.129. The van der Waals surface area contributed by atoms with Gasteiger partial charge < -0.3 is 15.3 Å². The fraction of sp³-hybridized carbons (Fsp3) is 0.875. The van der Waals surface area contributed by atoms with Crippen molar-refractivity contribution in [3.05, 3.63) is 0 Å². The maximum Gasteiger partial charge on any atom is 0.317 e. The van der Waals surface area contributed by atoms with Crippen molar-refractivity contribution in [2.24, 2.45) is 5.41 Å². The van der Waals surface area contributed by atoms with Crippen LogP contribution in [0.4, 0.5) is 4.79 Å². The van der Waals surface area contributed by atoms with Gasteiger partial charge in [-0.1, -0.05) is 39.0 Å². The number of carbonyl (C=O) groups is 2. The Bertz CT molecular complexity index is 336. The normalized spacial score (nSPS) is 17.8. The molecule has 5 heteroatoms. The molecule has 0 saturated heterocycles. The first-order valence-corrected chi connectivity index (χ1v) is 8.32. The zero-order chi connectivity index (χ0) is 15.7. The SMILES string of the molecule is CCCCN(CC)C(=O)NCC1(C(=O)O)CCCCCC1. The Hall–Kier alpha value is -1.26. The Kier molecular flexibility index (Phi) is 7.54. The number of amides is 2. The molecular formula is C16H30N2O3. The molecule has 0 aromatic carbocycles. The first-order chi connectivity index (χ1) is 10.1. The quantitative estimate of drug-likeness (QED) is 0.709. The fourth-order valence-corrected chi connectivity index (χ4v) is 2.98. The molecule has 0 aromatic rings. The Morgan fingerprint density at radius 3 is 2.24 bits per heavy atom. The molecule has 0 aliphatic heterocycles. The van der Waals surface area contributed by atoms with Crippen molar-refractivity contribution < 1.29 is 14.7 Å². The van der Waals surface area contributed by atoms with E-state index in [4.69, 9.17) is 0 Å². The van der Waals surface area contributed by atoms with Crippen molar-refractivity contribution in [2.45, 2.75) is 65.2 Å². The smallest absolute Gasteiger partial charge is 0.317 e. The summed E-state index contributed by atoms with van der Waals surface area (Å²) in [7, 11) is 0. The summed E-state index contributed by atoms with van der Waals surface area (Å²) in [5.74, 6) is -0.763. The molecule has 1 aliphatic rings. The zero-order valence-corrected chi connectivity index (χ0v) is 13.5. The highest BCUT2D eigenvalue weighted by Gasteiger charge is 2.39. The third-order valence-corrected chi connectivity index (χ3v) is 4.54. The molecule has 5 nitrogen and oxygen atoms in total. The van der Waals surface area contributed by atoms with Crippen LogP contribution >= 0.6 is 0 Å². The summed E-state index contributed by atoms with van der Waals surface area (Å²) >= 11 is 0. The van der Waals surface area contributed by atoms with E-state index in [0.717, 1.165) is 45.1 Å². The summed E-state index contributed by atoms with van der Waals surface area (Å²) in [6.07, 6.45) is 7.44. The third-order valence-electron chi connectivity index (χ3n) is 4.54. The summed E-state index contributed by atoms with van der Waals surface area (Å²) in [6, 6.07) is -0.129. The molecule has 0 aromatic heterocycles. The molecule has 0 bridgehead atoms. The highest BCUT2D eigenvalue weighted by Crippen LogP contribution is 2.34. The van der Waals surface area contributed by atoms with Crippen molar-refractivity contribution in [2.75, 3.05) is 19.6 Å². The zero-order valence-electron chi connectivity index (χ0n) is 13.5. The van der Waals surface area contributed by atoms with Gasteiger partial charge >= 0.3 is 12.0 Å². The number of aliphatic carboxylic acids is 1. The van der Waals surface area contributed by atoms with Crippen LogP contribution in [-0.4, -0.2) is 41.6 Å². The largest absolute Gasteiger partial charge is 0.481 e. The van der Waals surface area contributed by atoms with E-state index in [0.29, 0.717) is 19.4 Å². The van der Waals surface area contributed by atoms with E-state index >= 15 is 0 Å². The van der Waals surface area contributed by atoms with Crippen LogP contribution in [0.5, 0.6) is 0 Å². The van der Waals surface area contributed by atoms with Gasteiger partial charge in [-0.05, 0) is 26.2 Å². The summed E-state index contributed by atoms with van der Waals surface area (Å²) < 4.78 is 0. The standard InChI is InChI=1S/C16H30N2O3/c1-3-5-12-18(4-2)15(21)17-13-16(14(19)20)10-8-6-7-9-11-16/h3-13H2,1-2H3,(H,17,21)(H,19,20). The molecule has 0 heterocycles. The average molecular weight is 298 g/mol. The van der Waals surface area contributed by atoms with Crippen molar-refractivity contribution in [1.29, 1.82) is 0 Å². The third kappa shape index (κ3) is 5.21. The second-order valence-corrected chi connectivity index (χ2v) is 6.09. The number of carboxylic acids is 1. The maximum atomic E-state index is 12.2. The van der Waals surface area contributed by atoms with E-state index in [1.807, 2.05) is 6.92 Å². The number of nitrogens with one attached hydrogen (secondary N) is 1. The van der Waals surface area contributed by atoms with Gasteiger partial charge in [0.1, 0.15) is 0 Å². The topological polar surface area (TPSA) is 69.6 Å². The van der Waals surface area contributed by atoms with E-state index in [1.165, 1.54) is 0 Å². The number of urea groups is 1. The predicted molar refractivity (Wildman–Crippen MR) is 83.3 cm³/mol. The molecule has 1 rings (SSSR count). The molecule has 1 fully saturated rings. The molecular weight excluding hydrogens is 268 g/mol. The molecule has 21 heavy (non-hydrogen) atoms. The Morgan fingerprint density at radius 1 is 1.14 bits per heavy atom. The molecule has 0 spiro atoms. The van der Waals surface area contributed by atoms with Crippen LogP contribution < -0.4 is 5.32 Å². The van der Waals surface area contributed by atoms with Crippen LogP contribution in [0.1, 0.15) is 65.2 Å². The van der Waals surface area contributed by atoms with Crippen molar-refractivity contribution >= 4 is 12.0 Å². The van der Waals surface area contributed by atoms with Crippen molar-refractivity contribution in [3.63, 3.8) is 0 Å². The maximum absolute atomic E-state index is 12.2. The van der Waals surface area contributed by atoms with Gasteiger partial charge in [-0.25, -0.2) is 4.79 Å². The van der Waals surface area contributed by atoms with Crippen molar-refractivity contribution in [1.82, 2.24) is 10.2 Å². The van der Waals surface area contributed by atoms with Crippen LogP contribution in [0.2, 0.25) is 0 Å². The number of carbonyl (C=O) groups excluding carboxylic acids is 1. The lowest BCUT2D eigenvalue weighted by molar-refractivity contribution is -0.149. The fourth-order valence-electron chi connectivity index (χ4n) is 2.98. The number of rotatable bonds is 7. The van der Waals surface area contributed by atoms with E-state index in [-0.39, 0.29) is 12.6 Å². The van der Waals surface area contributed by atoms with Crippen LogP contribution in [-0.2, 0) is 4.79 Å². The van der Waals surface area contributed by atoms with Gasteiger partial charge in [0.2, 0.25) is 0 Å². The average Bonchev–Trinajstić information content (AvgIpc) is 2.72. The summed E-state index contributed by atoms with van der Waals surface area (Å²) in [6.45, 7) is 5.69. The first kappa shape index (κ1) is 17.8. The molecule has 122 valence electrons. The number of hydrogen-bond acceptors (Lipinski definition) is 2. The second kappa shape index (κ2) is 8.90. The van der Waals surface area contributed by atoms with Crippen LogP contribution in [0, 0.1) is 5.41 Å². The monoisotopic (exact) mass is 298 g/mol. The molecule has 2 N–H and O–H groups in total. The van der Waals surface area contributed by atoms with Gasteiger partial charge in [0.25, 0.3) is 0 Å². The van der Waals surface area contributed by atoms with E-state index < -0.39 is 11.4 Å². The van der Waals surface area contributed by atoms with Crippen molar-refractivity contribution in [3.8, 4) is 0 Å². The van der Waals surface area contributed by atoms with Crippen LogP contribution in [0.3, 0.4) is 0 Å². The second-order valence-electron chi connectivity index (χ2n) is 6.09. The Morgan fingerprint density at radius 2 is 1.76 bits per heavy atom. The highest BCUT2D eigenvalue weighted by atomic mass is 16.4. The van der Waals surface area contributed by atoms with E-state index in [2.05, 4.69) is 12.2 Å². The molecule has 1 saturated carbocycles. The summed E-state index contributed by atoms with van der Waals surface area (Å²) in [5, 5.41) is 12.5. The lowest BCUT2D eigenvalue weighted by atomic mass is 9.80. The van der Waals surface area contributed by atoms with Gasteiger partial charge in [-0.2, -0.15) is 0 Å². The number of hydrogen-bond donors (Lipinski definition) is 2. The molecule has 1 aliphatic carbocycles. The minimum Gasteiger partial charge on any atom is -0.481 e. The van der Waals surface area contributed by atoms with Gasteiger partial charge in [0, 0.05) is 19.6 Å².